The number of hydrogen-bond acceptors (Lipinski definition) is 4. The Kier molecular flexibility index (Phi) is 3.54. The molecule has 0 saturated heterocycles. The van der Waals surface area contributed by atoms with Crippen LogP contribution in [0.15, 0.2) is 30.3 Å². The molecular weight excluding hydrogens is 248 g/mol. The van der Waals surface area contributed by atoms with Gasteiger partial charge in [-0.3, -0.25) is 0 Å². The standard InChI is InChI=1S/C16H20N4/c1-12-18-15(17-2)10-16(19-12)20-9-5-8-13-6-3-4-7-14(13)11-20/h3-4,6-7,10H,5,8-9,11H2,1-2H3,(H,17,18,19). The smallest absolute Gasteiger partial charge is 0.134 e. The number of rotatable bonds is 2. The number of aromatic nitrogens is 2. The maximum Gasteiger partial charge on any atom is 0.134 e. The van der Waals surface area contributed by atoms with Gasteiger partial charge in [-0.15, -0.1) is 0 Å². The average Bonchev–Trinajstić information content (AvgIpc) is 2.68. The SMILES string of the molecule is CNc1cc(N2CCCc3ccccc3C2)nc(C)n1. The van der Waals surface area contributed by atoms with Gasteiger partial charge in [0.25, 0.3) is 0 Å². The fraction of sp³-hybridized carbons (Fsp3) is 0.375. The van der Waals surface area contributed by atoms with E-state index in [4.69, 9.17) is 0 Å². The molecule has 1 N–H and O–H groups in total. The summed E-state index contributed by atoms with van der Waals surface area (Å²) in [6, 6.07) is 10.7. The van der Waals surface area contributed by atoms with Crippen LogP contribution in [0, 0.1) is 6.92 Å². The van der Waals surface area contributed by atoms with Crippen LogP contribution >= 0.6 is 0 Å². The van der Waals surface area contributed by atoms with E-state index in [1.54, 1.807) is 0 Å². The lowest BCUT2D eigenvalue weighted by atomic mass is 10.0. The van der Waals surface area contributed by atoms with Crippen molar-refractivity contribution in [2.45, 2.75) is 26.3 Å². The van der Waals surface area contributed by atoms with Gasteiger partial charge in [-0.25, -0.2) is 9.97 Å². The summed E-state index contributed by atoms with van der Waals surface area (Å²) < 4.78 is 0. The van der Waals surface area contributed by atoms with E-state index < -0.39 is 0 Å². The summed E-state index contributed by atoms with van der Waals surface area (Å²) in [4.78, 5) is 11.3. The number of benzene rings is 1. The summed E-state index contributed by atoms with van der Waals surface area (Å²) in [5.74, 6) is 2.70. The first-order chi connectivity index (χ1) is 9.76. The van der Waals surface area contributed by atoms with Crippen LogP contribution in [0.25, 0.3) is 0 Å². The van der Waals surface area contributed by atoms with Crippen LogP contribution in [-0.4, -0.2) is 23.6 Å². The second-order valence-corrected chi connectivity index (χ2v) is 5.20. The van der Waals surface area contributed by atoms with Gasteiger partial charge in [0, 0.05) is 26.2 Å². The Morgan fingerprint density at radius 1 is 1.15 bits per heavy atom. The number of hydrogen-bond donors (Lipinski definition) is 1. The lowest BCUT2D eigenvalue weighted by Gasteiger charge is -2.22. The van der Waals surface area contributed by atoms with Gasteiger partial charge in [-0.1, -0.05) is 24.3 Å². The second-order valence-electron chi connectivity index (χ2n) is 5.20. The van der Waals surface area contributed by atoms with Crippen molar-refractivity contribution in [3.8, 4) is 0 Å². The fourth-order valence-corrected chi connectivity index (χ4v) is 2.74. The molecule has 4 nitrogen and oxygen atoms in total. The van der Waals surface area contributed by atoms with Crippen LogP contribution in [-0.2, 0) is 13.0 Å². The second kappa shape index (κ2) is 5.49. The summed E-state index contributed by atoms with van der Waals surface area (Å²) in [5, 5.41) is 3.10. The molecular formula is C16H20N4. The molecule has 3 rings (SSSR count). The summed E-state index contributed by atoms with van der Waals surface area (Å²) in [7, 11) is 1.89. The van der Waals surface area contributed by atoms with Crippen LogP contribution in [0.3, 0.4) is 0 Å². The van der Waals surface area contributed by atoms with E-state index in [2.05, 4.69) is 44.5 Å². The van der Waals surface area contributed by atoms with Crippen LogP contribution in [0.4, 0.5) is 11.6 Å². The first-order valence-electron chi connectivity index (χ1n) is 7.11. The van der Waals surface area contributed by atoms with Gasteiger partial charge in [0.15, 0.2) is 0 Å². The maximum absolute atomic E-state index is 4.59. The molecule has 0 aliphatic carbocycles. The Labute approximate surface area is 119 Å². The zero-order valence-electron chi connectivity index (χ0n) is 12.1. The highest BCUT2D eigenvalue weighted by molar-refractivity contribution is 5.50. The van der Waals surface area contributed by atoms with E-state index in [1.165, 1.54) is 11.1 Å². The van der Waals surface area contributed by atoms with Crippen molar-refractivity contribution in [3.63, 3.8) is 0 Å². The van der Waals surface area contributed by atoms with Gasteiger partial charge in [-0.05, 0) is 30.9 Å². The van der Waals surface area contributed by atoms with Crippen LogP contribution in [0.5, 0.6) is 0 Å². The van der Waals surface area contributed by atoms with Crippen molar-refractivity contribution in [2.75, 3.05) is 23.8 Å². The van der Waals surface area contributed by atoms with Crippen molar-refractivity contribution in [1.29, 1.82) is 0 Å². The van der Waals surface area contributed by atoms with Crippen molar-refractivity contribution >= 4 is 11.6 Å². The average molecular weight is 268 g/mol. The Hall–Kier alpha value is -2.10. The zero-order chi connectivity index (χ0) is 13.9. The highest BCUT2D eigenvalue weighted by atomic mass is 15.2. The molecule has 1 aromatic heterocycles. The molecule has 0 fully saturated rings. The monoisotopic (exact) mass is 268 g/mol. The predicted octanol–water partition coefficient (Wildman–Crippen LogP) is 2.78. The van der Waals surface area contributed by atoms with Gasteiger partial charge in [0.1, 0.15) is 17.5 Å². The van der Waals surface area contributed by atoms with E-state index in [9.17, 15) is 0 Å². The number of fused-ring (bicyclic) bond motifs is 1. The lowest BCUT2D eigenvalue weighted by molar-refractivity contribution is 0.750. The van der Waals surface area contributed by atoms with Gasteiger partial charge < -0.3 is 10.2 Å². The quantitative estimate of drug-likeness (QED) is 0.909. The van der Waals surface area contributed by atoms with Gasteiger partial charge >= 0.3 is 0 Å². The van der Waals surface area contributed by atoms with E-state index in [0.29, 0.717) is 0 Å². The molecule has 1 aliphatic heterocycles. The molecule has 0 bridgehead atoms. The fourth-order valence-electron chi connectivity index (χ4n) is 2.74. The largest absolute Gasteiger partial charge is 0.373 e. The highest BCUT2D eigenvalue weighted by Crippen LogP contribution is 2.23. The minimum atomic E-state index is 0.810. The number of nitrogens with zero attached hydrogens (tertiary/aromatic N) is 3. The Morgan fingerprint density at radius 2 is 1.95 bits per heavy atom. The molecule has 0 spiro atoms. The maximum atomic E-state index is 4.59. The Bertz CT molecular complexity index is 609. The first-order valence-corrected chi connectivity index (χ1v) is 7.11. The third-order valence-electron chi connectivity index (χ3n) is 3.76. The van der Waals surface area contributed by atoms with Crippen molar-refractivity contribution in [1.82, 2.24) is 9.97 Å². The van der Waals surface area contributed by atoms with E-state index in [0.717, 1.165) is 43.4 Å². The minimum Gasteiger partial charge on any atom is -0.373 e. The predicted molar refractivity (Wildman–Crippen MR) is 82.1 cm³/mol. The number of aryl methyl sites for hydroxylation is 2. The van der Waals surface area contributed by atoms with Crippen LogP contribution in [0.1, 0.15) is 23.4 Å². The lowest BCUT2D eigenvalue weighted by Crippen LogP contribution is -2.24. The van der Waals surface area contributed by atoms with Gasteiger partial charge in [0.05, 0.1) is 0 Å². The summed E-state index contributed by atoms with van der Waals surface area (Å²) in [5.41, 5.74) is 2.88. The summed E-state index contributed by atoms with van der Waals surface area (Å²) >= 11 is 0. The molecule has 1 aromatic carbocycles. The first kappa shape index (κ1) is 12.9. The van der Waals surface area contributed by atoms with Gasteiger partial charge in [-0.2, -0.15) is 0 Å². The molecule has 0 amide bonds. The van der Waals surface area contributed by atoms with E-state index >= 15 is 0 Å². The molecule has 4 heteroatoms. The molecule has 0 unspecified atom stereocenters. The molecule has 20 heavy (non-hydrogen) atoms. The molecule has 2 heterocycles. The van der Waals surface area contributed by atoms with Crippen molar-refractivity contribution < 1.29 is 0 Å². The summed E-state index contributed by atoms with van der Waals surface area (Å²) in [6.45, 7) is 3.90. The molecule has 1 aliphatic rings. The van der Waals surface area contributed by atoms with Gasteiger partial charge in [0.2, 0.25) is 0 Å². The molecule has 0 atom stereocenters. The zero-order valence-corrected chi connectivity index (χ0v) is 12.1. The van der Waals surface area contributed by atoms with Crippen molar-refractivity contribution in [3.05, 3.63) is 47.3 Å². The Morgan fingerprint density at radius 3 is 2.75 bits per heavy atom. The third kappa shape index (κ3) is 2.59. The van der Waals surface area contributed by atoms with Crippen molar-refractivity contribution in [2.24, 2.45) is 0 Å². The Balaban J connectivity index is 1.93. The normalized spacial score (nSPS) is 14.6. The summed E-state index contributed by atoms with van der Waals surface area (Å²) in [6.07, 6.45) is 2.31. The number of anilines is 2. The molecule has 0 radical (unpaired) electrons. The van der Waals surface area contributed by atoms with Crippen LogP contribution in [0.2, 0.25) is 0 Å². The number of nitrogens with one attached hydrogen (secondary N) is 1. The molecule has 0 saturated carbocycles. The third-order valence-corrected chi connectivity index (χ3v) is 3.76. The topological polar surface area (TPSA) is 41.0 Å². The molecule has 2 aromatic rings. The van der Waals surface area contributed by atoms with E-state index in [1.807, 2.05) is 20.0 Å². The van der Waals surface area contributed by atoms with Crippen LogP contribution < -0.4 is 10.2 Å². The minimum absolute atomic E-state index is 0.810. The molecule has 104 valence electrons. The van der Waals surface area contributed by atoms with E-state index in [-0.39, 0.29) is 0 Å². The highest BCUT2D eigenvalue weighted by Gasteiger charge is 2.16.